The molecule has 0 bridgehead atoms. The Morgan fingerprint density at radius 1 is 1.06 bits per heavy atom. The standard InChI is InChI=1S/C24H27N3O4/c1-4-6-15-27-23(29)20-10-8-7-9-19(20)21(26-27)24(30)31-16(3)22(28)25-18-13-11-17(5-2)12-14-18/h7-14,16H,4-6,15H2,1-3H3,(H,25,28)/t16-/m0/s1. The zero-order valence-corrected chi connectivity index (χ0v) is 18.1. The van der Waals surface area contributed by atoms with Crippen molar-refractivity contribution in [1.82, 2.24) is 9.78 Å². The van der Waals surface area contributed by atoms with Gasteiger partial charge in [0, 0.05) is 17.6 Å². The molecule has 7 heteroatoms. The molecule has 0 unspecified atom stereocenters. The molecule has 31 heavy (non-hydrogen) atoms. The molecule has 2 aromatic carbocycles. The average molecular weight is 421 g/mol. The first-order valence-electron chi connectivity index (χ1n) is 10.5. The third kappa shape index (κ3) is 5.17. The van der Waals surface area contributed by atoms with Crippen LogP contribution in [0, 0.1) is 0 Å². The average Bonchev–Trinajstić information content (AvgIpc) is 2.79. The van der Waals surface area contributed by atoms with Gasteiger partial charge in [-0.1, -0.05) is 50.6 Å². The Hall–Kier alpha value is -3.48. The lowest BCUT2D eigenvalue weighted by Gasteiger charge is -2.15. The lowest BCUT2D eigenvalue weighted by Crippen LogP contribution is -2.32. The summed E-state index contributed by atoms with van der Waals surface area (Å²) >= 11 is 0. The Kier molecular flexibility index (Phi) is 7.18. The summed E-state index contributed by atoms with van der Waals surface area (Å²) in [5, 5.41) is 7.80. The van der Waals surface area contributed by atoms with Gasteiger partial charge in [-0.25, -0.2) is 9.48 Å². The summed E-state index contributed by atoms with van der Waals surface area (Å²) in [6.07, 6.45) is 1.52. The summed E-state index contributed by atoms with van der Waals surface area (Å²) < 4.78 is 6.69. The molecular weight excluding hydrogens is 394 g/mol. The Labute approximate surface area is 181 Å². The minimum Gasteiger partial charge on any atom is -0.448 e. The van der Waals surface area contributed by atoms with E-state index in [1.165, 1.54) is 11.6 Å². The zero-order chi connectivity index (χ0) is 22.4. The van der Waals surface area contributed by atoms with Gasteiger partial charge in [0.05, 0.1) is 5.39 Å². The molecule has 0 saturated carbocycles. The van der Waals surface area contributed by atoms with Gasteiger partial charge in [-0.05, 0) is 43.5 Å². The molecule has 1 aromatic heterocycles. The van der Waals surface area contributed by atoms with E-state index in [1.807, 2.05) is 31.2 Å². The monoisotopic (exact) mass is 421 g/mol. The molecule has 0 radical (unpaired) electrons. The maximum atomic E-state index is 12.9. The van der Waals surface area contributed by atoms with Crippen molar-refractivity contribution in [3.8, 4) is 0 Å². The highest BCUT2D eigenvalue weighted by Gasteiger charge is 2.23. The molecule has 1 atom stereocenters. The Morgan fingerprint density at radius 3 is 2.39 bits per heavy atom. The topological polar surface area (TPSA) is 90.3 Å². The van der Waals surface area contributed by atoms with Crippen molar-refractivity contribution in [1.29, 1.82) is 0 Å². The van der Waals surface area contributed by atoms with E-state index >= 15 is 0 Å². The van der Waals surface area contributed by atoms with Crippen LogP contribution in [0.1, 0.15) is 49.7 Å². The maximum absolute atomic E-state index is 12.9. The first kappa shape index (κ1) is 22.2. The number of aryl methyl sites for hydroxylation is 2. The van der Waals surface area contributed by atoms with Gasteiger partial charge in [0.1, 0.15) is 0 Å². The number of amides is 1. The highest BCUT2D eigenvalue weighted by molar-refractivity contribution is 6.03. The van der Waals surface area contributed by atoms with Crippen LogP contribution in [-0.2, 0) is 22.5 Å². The number of nitrogens with zero attached hydrogens (tertiary/aromatic N) is 2. The van der Waals surface area contributed by atoms with E-state index in [1.54, 1.807) is 24.3 Å². The summed E-state index contributed by atoms with van der Waals surface area (Å²) in [6, 6.07) is 14.3. The number of carbonyl (C=O) groups is 2. The Balaban J connectivity index is 1.80. The SMILES string of the molecule is CCCCn1nc(C(=O)O[C@@H](C)C(=O)Nc2ccc(CC)cc2)c2ccccc2c1=O. The number of unbranched alkanes of at least 4 members (excludes halogenated alkanes) is 1. The van der Waals surface area contributed by atoms with E-state index in [4.69, 9.17) is 4.74 Å². The van der Waals surface area contributed by atoms with E-state index in [2.05, 4.69) is 17.3 Å². The molecule has 0 saturated heterocycles. The minimum absolute atomic E-state index is 0.0262. The van der Waals surface area contributed by atoms with Crippen LogP contribution in [0.15, 0.2) is 53.3 Å². The number of rotatable bonds is 8. The van der Waals surface area contributed by atoms with Gasteiger partial charge in [-0.15, -0.1) is 0 Å². The van der Waals surface area contributed by atoms with Crippen molar-refractivity contribution >= 4 is 28.3 Å². The third-order valence-corrected chi connectivity index (χ3v) is 5.07. The van der Waals surface area contributed by atoms with Gasteiger partial charge < -0.3 is 10.1 Å². The molecule has 162 valence electrons. The number of anilines is 1. The largest absolute Gasteiger partial charge is 0.448 e. The summed E-state index contributed by atoms with van der Waals surface area (Å²) in [4.78, 5) is 38.0. The number of esters is 1. The highest BCUT2D eigenvalue weighted by Crippen LogP contribution is 2.16. The molecule has 7 nitrogen and oxygen atoms in total. The van der Waals surface area contributed by atoms with Crippen LogP contribution in [-0.4, -0.2) is 27.8 Å². The van der Waals surface area contributed by atoms with E-state index in [0.717, 1.165) is 24.8 Å². The fourth-order valence-corrected chi connectivity index (χ4v) is 3.18. The maximum Gasteiger partial charge on any atom is 0.360 e. The van der Waals surface area contributed by atoms with Crippen molar-refractivity contribution in [2.24, 2.45) is 0 Å². The lowest BCUT2D eigenvalue weighted by molar-refractivity contribution is -0.123. The Morgan fingerprint density at radius 2 is 1.74 bits per heavy atom. The molecule has 3 rings (SSSR count). The van der Waals surface area contributed by atoms with Crippen molar-refractivity contribution in [3.63, 3.8) is 0 Å². The number of nitrogens with one attached hydrogen (secondary N) is 1. The minimum atomic E-state index is -1.03. The smallest absolute Gasteiger partial charge is 0.360 e. The molecule has 3 aromatic rings. The zero-order valence-electron chi connectivity index (χ0n) is 18.1. The van der Waals surface area contributed by atoms with Crippen LogP contribution in [0.2, 0.25) is 0 Å². The second-order valence-corrected chi connectivity index (χ2v) is 7.36. The van der Waals surface area contributed by atoms with Gasteiger partial charge in [0.25, 0.3) is 11.5 Å². The van der Waals surface area contributed by atoms with Gasteiger partial charge in [-0.2, -0.15) is 5.10 Å². The number of benzene rings is 2. The molecule has 1 N–H and O–H groups in total. The van der Waals surface area contributed by atoms with Gasteiger partial charge in [0.15, 0.2) is 11.8 Å². The van der Waals surface area contributed by atoms with Crippen LogP contribution in [0.5, 0.6) is 0 Å². The summed E-state index contributed by atoms with van der Waals surface area (Å²) in [5.74, 6) is -1.19. The van der Waals surface area contributed by atoms with Crippen molar-refractivity contribution in [3.05, 3.63) is 70.1 Å². The second kappa shape index (κ2) is 10.0. The number of carbonyl (C=O) groups excluding carboxylic acids is 2. The van der Waals surface area contributed by atoms with Crippen LogP contribution in [0.25, 0.3) is 10.8 Å². The van der Waals surface area contributed by atoms with E-state index in [-0.39, 0.29) is 11.3 Å². The molecular formula is C24H27N3O4. The van der Waals surface area contributed by atoms with Crippen molar-refractivity contribution in [2.45, 2.75) is 52.7 Å². The summed E-state index contributed by atoms with van der Waals surface area (Å²) in [7, 11) is 0. The first-order valence-corrected chi connectivity index (χ1v) is 10.5. The van der Waals surface area contributed by atoms with E-state index < -0.39 is 18.0 Å². The predicted molar refractivity (Wildman–Crippen MR) is 120 cm³/mol. The summed E-state index contributed by atoms with van der Waals surface area (Å²) in [6.45, 7) is 5.97. The molecule has 0 aliphatic carbocycles. The van der Waals surface area contributed by atoms with Crippen LogP contribution >= 0.6 is 0 Å². The van der Waals surface area contributed by atoms with E-state index in [9.17, 15) is 14.4 Å². The van der Waals surface area contributed by atoms with Gasteiger partial charge in [-0.3, -0.25) is 9.59 Å². The molecule has 0 fully saturated rings. The predicted octanol–water partition coefficient (Wildman–Crippen LogP) is 3.94. The Bertz CT molecular complexity index is 1140. The second-order valence-electron chi connectivity index (χ2n) is 7.36. The number of hydrogen-bond donors (Lipinski definition) is 1. The molecule has 1 amide bonds. The van der Waals surface area contributed by atoms with Crippen molar-refractivity contribution < 1.29 is 14.3 Å². The lowest BCUT2D eigenvalue weighted by atomic mass is 10.1. The van der Waals surface area contributed by atoms with Crippen LogP contribution in [0.4, 0.5) is 5.69 Å². The van der Waals surface area contributed by atoms with Gasteiger partial charge in [0.2, 0.25) is 0 Å². The van der Waals surface area contributed by atoms with Crippen molar-refractivity contribution in [2.75, 3.05) is 5.32 Å². The molecule has 1 heterocycles. The fourth-order valence-electron chi connectivity index (χ4n) is 3.18. The van der Waals surface area contributed by atoms with E-state index in [0.29, 0.717) is 23.0 Å². The van der Waals surface area contributed by atoms with Gasteiger partial charge >= 0.3 is 5.97 Å². The quantitative estimate of drug-likeness (QED) is 0.556. The normalized spacial score (nSPS) is 11.8. The number of ether oxygens (including phenoxy) is 1. The summed E-state index contributed by atoms with van der Waals surface area (Å²) in [5.41, 5.74) is 1.57. The molecule has 0 spiro atoms. The molecule has 0 aliphatic heterocycles. The highest BCUT2D eigenvalue weighted by atomic mass is 16.5. The molecule has 0 aliphatic rings. The third-order valence-electron chi connectivity index (χ3n) is 5.07. The number of hydrogen-bond acceptors (Lipinski definition) is 5. The fraction of sp³-hybridized carbons (Fsp3) is 0.333. The van der Waals surface area contributed by atoms with Crippen LogP contribution < -0.4 is 10.9 Å². The number of fused-ring (bicyclic) bond motifs is 1. The first-order chi connectivity index (χ1) is 14.9. The number of aromatic nitrogens is 2. The van der Waals surface area contributed by atoms with Crippen LogP contribution in [0.3, 0.4) is 0 Å².